The number of fused-ring (bicyclic) bond motifs is 2. The molecule has 140 valence electrons. The molecule has 1 N–H and O–H groups in total. The maximum atomic E-state index is 14.3. The normalized spacial score (nSPS) is 17.1. The van der Waals surface area contributed by atoms with Crippen LogP contribution in [0.2, 0.25) is 5.02 Å². The maximum absolute atomic E-state index is 14.3. The van der Waals surface area contributed by atoms with Gasteiger partial charge < -0.3 is 5.32 Å². The molecule has 0 radical (unpaired) electrons. The average molecular weight is 393 g/mol. The molecular weight excluding hydrogens is 375 g/mol. The number of carbonyl (C=O) groups is 1. The molecule has 0 aliphatic heterocycles. The van der Waals surface area contributed by atoms with Crippen LogP contribution in [0.25, 0.3) is 22.6 Å². The summed E-state index contributed by atoms with van der Waals surface area (Å²) in [5.74, 6) is -0.400. The molecule has 3 nitrogen and oxygen atoms in total. The number of nitrogens with one attached hydrogen (secondary N) is 1. The summed E-state index contributed by atoms with van der Waals surface area (Å²) in [6, 6.07) is 12.6. The molecular formula is C23H18ClFN2O. The number of allylic oxidation sites excluding steroid dienone is 1. The largest absolute Gasteiger partial charge is 0.349 e. The zero-order valence-corrected chi connectivity index (χ0v) is 15.9. The molecule has 1 saturated carbocycles. The van der Waals surface area contributed by atoms with E-state index in [2.05, 4.69) is 5.32 Å². The van der Waals surface area contributed by atoms with Crippen molar-refractivity contribution in [1.82, 2.24) is 10.3 Å². The summed E-state index contributed by atoms with van der Waals surface area (Å²) in [5.41, 5.74) is 4.47. The van der Waals surface area contributed by atoms with Crippen LogP contribution in [0, 0.1) is 5.82 Å². The van der Waals surface area contributed by atoms with Crippen LogP contribution in [0.1, 0.15) is 46.4 Å². The van der Waals surface area contributed by atoms with Crippen LogP contribution >= 0.6 is 11.6 Å². The van der Waals surface area contributed by atoms with Gasteiger partial charge in [-0.15, -0.1) is 0 Å². The molecule has 1 fully saturated rings. The Labute approximate surface area is 167 Å². The van der Waals surface area contributed by atoms with E-state index >= 15 is 0 Å². The Hall–Kier alpha value is -2.72. The minimum absolute atomic E-state index is 0.0393. The van der Waals surface area contributed by atoms with E-state index in [1.165, 1.54) is 6.07 Å². The number of amides is 1. The van der Waals surface area contributed by atoms with Gasteiger partial charge in [0.2, 0.25) is 0 Å². The first-order valence-corrected chi connectivity index (χ1v) is 9.87. The van der Waals surface area contributed by atoms with Gasteiger partial charge in [-0.1, -0.05) is 35.9 Å². The molecule has 0 atom stereocenters. The minimum atomic E-state index is -0.360. The third-order valence-corrected chi connectivity index (χ3v) is 5.73. The van der Waals surface area contributed by atoms with Gasteiger partial charge in [0, 0.05) is 17.0 Å². The number of rotatable bonds is 3. The molecule has 0 unspecified atom stereocenters. The van der Waals surface area contributed by atoms with Crippen molar-refractivity contribution < 1.29 is 9.18 Å². The SMILES string of the molecule is O=C(NC1CC1)c1c2c(nc3ccccc13)/C(=C/c1c(F)cccc1Cl)CC2. The first-order valence-electron chi connectivity index (χ1n) is 9.49. The van der Waals surface area contributed by atoms with Gasteiger partial charge in [0.15, 0.2) is 0 Å². The smallest absolute Gasteiger partial charge is 0.252 e. The number of hydrogen-bond donors (Lipinski definition) is 1. The Kier molecular flexibility index (Phi) is 4.17. The van der Waals surface area contributed by atoms with Crippen molar-refractivity contribution in [3.05, 3.63) is 75.7 Å². The molecule has 0 spiro atoms. The fourth-order valence-corrected chi connectivity index (χ4v) is 4.06. The summed E-state index contributed by atoms with van der Waals surface area (Å²) in [4.78, 5) is 17.8. The molecule has 1 amide bonds. The second kappa shape index (κ2) is 6.71. The number of hydrogen-bond acceptors (Lipinski definition) is 2. The van der Waals surface area contributed by atoms with Crippen LogP contribution in [0.4, 0.5) is 4.39 Å². The first kappa shape index (κ1) is 17.4. The summed E-state index contributed by atoms with van der Waals surface area (Å²) < 4.78 is 14.3. The van der Waals surface area contributed by atoms with E-state index in [9.17, 15) is 9.18 Å². The summed E-state index contributed by atoms with van der Waals surface area (Å²) in [6.45, 7) is 0. The van der Waals surface area contributed by atoms with Crippen LogP contribution in [0.5, 0.6) is 0 Å². The van der Waals surface area contributed by atoms with E-state index in [1.54, 1.807) is 18.2 Å². The lowest BCUT2D eigenvalue weighted by Crippen LogP contribution is -2.27. The van der Waals surface area contributed by atoms with Gasteiger partial charge in [0.05, 0.1) is 21.8 Å². The second-order valence-corrected chi connectivity index (χ2v) is 7.79. The summed E-state index contributed by atoms with van der Waals surface area (Å²) in [6.07, 6.45) is 5.25. The molecule has 0 bridgehead atoms. The van der Waals surface area contributed by atoms with Gasteiger partial charge in [-0.3, -0.25) is 4.79 Å². The standard InChI is InChI=1S/C23H18ClFN2O/c24-18-5-3-6-19(25)17(18)12-13-8-11-16-21(23(28)26-14-9-10-14)15-4-1-2-7-20(15)27-22(13)16/h1-7,12,14H,8-11H2,(H,26,28)/b13-12+. The van der Waals surface area contributed by atoms with Gasteiger partial charge in [0.25, 0.3) is 5.91 Å². The number of benzene rings is 2. The molecule has 2 aliphatic rings. The molecule has 3 aromatic rings. The monoisotopic (exact) mass is 392 g/mol. The predicted molar refractivity (Wildman–Crippen MR) is 110 cm³/mol. The first-order chi connectivity index (χ1) is 13.6. The highest BCUT2D eigenvalue weighted by Crippen LogP contribution is 2.38. The van der Waals surface area contributed by atoms with E-state index in [4.69, 9.17) is 16.6 Å². The van der Waals surface area contributed by atoms with Crippen molar-refractivity contribution in [2.45, 2.75) is 31.7 Å². The average Bonchev–Trinajstić information content (AvgIpc) is 3.41. The van der Waals surface area contributed by atoms with Crippen molar-refractivity contribution >= 4 is 40.1 Å². The van der Waals surface area contributed by atoms with Crippen molar-refractivity contribution in [2.75, 3.05) is 0 Å². The zero-order valence-electron chi connectivity index (χ0n) is 15.1. The van der Waals surface area contributed by atoms with E-state index in [0.717, 1.165) is 40.6 Å². The van der Waals surface area contributed by atoms with Gasteiger partial charge >= 0.3 is 0 Å². The summed E-state index contributed by atoms with van der Waals surface area (Å²) in [5, 5.41) is 4.34. The Bertz CT molecular complexity index is 1130. The Balaban J connectivity index is 1.69. The Morgan fingerprint density at radius 2 is 1.96 bits per heavy atom. The fourth-order valence-electron chi connectivity index (χ4n) is 3.85. The minimum Gasteiger partial charge on any atom is -0.349 e. The highest BCUT2D eigenvalue weighted by Gasteiger charge is 2.30. The quantitative estimate of drug-likeness (QED) is 0.647. The lowest BCUT2D eigenvalue weighted by molar-refractivity contribution is 0.0952. The lowest BCUT2D eigenvalue weighted by atomic mass is 10.00. The number of carbonyl (C=O) groups excluding carboxylic acids is 1. The van der Waals surface area contributed by atoms with E-state index < -0.39 is 0 Å². The Morgan fingerprint density at radius 3 is 2.75 bits per heavy atom. The van der Waals surface area contributed by atoms with Gasteiger partial charge in [-0.05, 0) is 61.1 Å². The van der Waals surface area contributed by atoms with Gasteiger partial charge in [-0.25, -0.2) is 9.37 Å². The van der Waals surface area contributed by atoms with Crippen molar-refractivity contribution in [3.8, 4) is 0 Å². The highest BCUT2D eigenvalue weighted by molar-refractivity contribution is 6.32. The number of para-hydroxylation sites is 1. The Morgan fingerprint density at radius 1 is 1.14 bits per heavy atom. The van der Waals surface area contributed by atoms with Crippen LogP contribution in [-0.2, 0) is 6.42 Å². The molecule has 1 heterocycles. The zero-order chi connectivity index (χ0) is 19.3. The molecule has 2 aliphatic carbocycles. The van der Waals surface area contributed by atoms with Crippen molar-refractivity contribution in [2.24, 2.45) is 0 Å². The molecule has 5 heteroatoms. The molecule has 2 aromatic carbocycles. The third-order valence-electron chi connectivity index (χ3n) is 5.40. The van der Waals surface area contributed by atoms with Crippen molar-refractivity contribution in [3.63, 3.8) is 0 Å². The van der Waals surface area contributed by atoms with Crippen LogP contribution in [0.15, 0.2) is 42.5 Å². The van der Waals surface area contributed by atoms with E-state index in [0.29, 0.717) is 29.0 Å². The van der Waals surface area contributed by atoms with Gasteiger partial charge in [0.1, 0.15) is 5.82 Å². The molecule has 28 heavy (non-hydrogen) atoms. The topological polar surface area (TPSA) is 42.0 Å². The number of nitrogens with zero attached hydrogens (tertiary/aromatic N) is 1. The molecule has 0 saturated heterocycles. The number of halogens is 2. The predicted octanol–water partition coefficient (Wildman–Crippen LogP) is 5.41. The van der Waals surface area contributed by atoms with Crippen molar-refractivity contribution in [1.29, 1.82) is 0 Å². The molecule has 1 aromatic heterocycles. The number of pyridine rings is 1. The number of aromatic nitrogens is 1. The lowest BCUT2D eigenvalue weighted by Gasteiger charge is -2.12. The third kappa shape index (κ3) is 2.98. The van der Waals surface area contributed by atoms with E-state index in [1.807, 2.05) is 24.3 Å². The molecule has 5 rings (SSSR count). The van der Waals surface area contributed by atoms with Crippen LogP contribution in [-0.4, -0.2) is 16.9 Å². The van der Waals surface area contributed by atoms with Crippen LogP contribution in [0.3, 0.4) is 0 Å². The second-order valence-electron chi connectivity index (χ2n) is 7.38. The fraction of sp³-hybridized carbons (Fsp3) is 0.217. The highest BCUT2D eigenvalue weighted by atomic mass is 35.5. The summed E-state index contributed by atoms with van der Waals surface area (Å²) in [7, 11) is 0. The van der Waals surface area contributed by atoms with Crippen LogP contribution < -0.4 is 5.32 Å². The maximum Gasteiger partial charge on any atom is 0.252 e. The van der Waals surface area contributed by atoms with Gasteiger partial charge in [-0.2, -0.15) is 0 Å². The summed E-state index contributed by atoms with van der Waals surface area (Å²) >= 11 is 6.21. The van der Waals surface area contributed by atoms with E-state index in [-0.39, 0.29) is 17.8 Å².